The average Bonchev–Trinajstić information content (AvgIpc) is 2.87. The molecule has 86 valence electrons. The second-order valence-electron chi connectivity index (χ2n) is 3.16. The summed E-state index contributed by atoms with van der Waals surface area (Å²) in [4.78, 5) is 5.50. The molecule has 0 radical (unpaired) electrons. The molecule has 0 saturated heterocycles. The van der Waals surface area contributed by atoms with Crippen LogP contribution in [-0.4, -0.2) is 23.1 Å². The first-order valence-electron chi connectivity index (χ1n) is 4.83. The quantitative estimate of drug-likeness (QED) is 0.823. The first-order chi connectivity index (χ1) is 7.79. The summed E-state index contributed by atoms with van der Waals surface area (Å²) in [6, 6.07) is 1.94. The van der Waals surface area contributed by atoms with Gasteiger partial charge in [-0.05, 0) is 24.5 Å². The number of hydrogen-bond donors (Lipinski definition) is 0. The van der Waals surface area contributed by atoms with Crippen molar-refractivity contribution in [1.82, 2.24) is 9.36 Å². The summed E-state index contributed by atoms with van der Waals surface area (Å²) >= 11 is 3.00. The van der Waals surface area contributed by atoms with E-state index in [1.54, 1.807) is 25.1 Å². The van der Waals surface area contributed by atoms with Crippen LogP contribution >= 0.6 is 23.3 Å². The van der Waals surface area contributed by atoms with Gasteiger partial charge in [0.05, 0.1) is 17.8 Å². The lowest BCUT2D eigenvalue weighted by Gasteiger charge is -1.93. The van der Waals surface area contributed by atoms with Crippen LogP contribution < -0.4 is 0 Å². The van der Waals surface area contributed by atoms with Crippen molar-refractivity contribution in [3.63, 3.8) is 0 Å². The highest BCUT2D eigenvalue weighted by molar-refractivity contribution is 8.01. The molecule has 0 saturated carbocycles. The molecule has 0 fully saturated rings. The van der Waals surface area contributed by atoms with Gasteiger partial charge in [-0.15, -0.1) is 0 Å². The van der Waals surface area contributed by atoms with Crippen LogP contribution in [0.2, 0.25) is 0 Å². The number of nitrogens with zero attached hydrogens (tertiary/aromatic N) is 2. The Morgan fingerprint density at radius 1 is 1.56 bits per heavy atom. The van der Waals surface area contributed by atoms with Crippen LogP contribution in [-0.2, 0) is 11.2 Å². The number of hydrogen-bond acceptors (Lipinski definition) is 6. The van der Waals surface area contributed by atoms with E-state index in [2.05, 4.69) is 9.36 Å². The Balaban J connectivity index is 2.00. The largest absolute Gasteiger partial charge is 0.468 e. The van der Waals surface area contributed by atoms with Gasteiger partial charge in [-0.3, -0.25) is 0 Å². The second-order valence-corrected chi connectivity index (χ2v) is 5.20. The first kappa shape index (κ1) is 11.6. The minimum Gasteiger partial charge on any atom is -0.468 e. The SMILES string of the molecule is COCCc1nsc(Sc2ccoc2C)n1. The predicted octanol–water partition coefficient (Wildman–Crippen LogP) is 2.78. The molecule has 0 aliphatic carbocycles. The van der Waals surface area contributed by atoms with E-state index in [-0.39, 0.29) is 0 Å². The molecular formula is C10H12N2O2S2. The zero-order valence-corrected chi connectivity index (χ0v) is 10.7. The smallest absolute Gasteiger partial charge is 0.175 e. The molecule has 0 aliphatic rings. The fourth-order valence-electron chi connectivity index (χ4n) is 1.15. The van der Waals surface area contributed by atoms with Crippen LogP contribution in [0.1, 0.15) is 11.6 Å². The molecule has 2 heterocycles. The Hall–Kier alpha value is -0.850. The van der Waals surface area contributed by atoms with Gasteiger partial charge in [-0.1, -0.05) is 11.8 Å². The number of aromatic nitrogens is 2. The highest BCUT2D eigenvalue weighted by Gasteiger charge is 2.08. The molecule has 0 amide bonds. The maximum absolute atomic E-state index is 5.22. The van der Waals surface area contributed by atoms with Crippen molar-refractivity contribution in [2.75, 3.05) is 13.7 Å². The standard InChI is InChI=1S/C10H12N2O2S2/c1-7-8(3-6-14-7)15-10-11-9(12-16-10)4-5-13-2/h3,6H,4-5H2,1-2H3. The number of ether oxygens (including phenoxy) is 1. The van der Waals surface area contributed by atoms with Crippen LogP contribution in [0.15, 0.2) is 26.0 Å². The van der Waals surface area contributed by atoms with E-state index >= 15 is 0 Å². The molecule has 2 aromatic rings. The van der Waals surface area contributed by atoms with E-state index in [0.717, 1.165) is 27.2 Å². The van der Waals surface area contributed by atoms with E-state index in [1.165, 1.54) is 11.5 Å². The molecule has 0 spiro atoms. The molecule has 2 aromatic heterocycles. The van der Waals surface area contributed by atoms with E-state index in [9.17, 15) is 0 Å². The van der Waals surface area contributed by atoms with Gasteiger partial charge < -0.3 is 9.15 Å². The van der Waals surface area contributed by atoms with Gasteiger partial charge in [0.1, 0.15) is 11.6 Å². The van der Waals surface area contributed by atoms with Gasteiger partial charge >= 0.3 is 0 Å². The molecule has 16 heavy (non-hydrogen) atoms. The van der Waals surface area contributed by atoms with Crippen molar-refractivity contribution < 1.29 is 9.15 Å². The Morgan fingerprint density at radius 2 is 2.44 bits per heavy atom. The summed E-state index contributed by atoms with van der Waals surface area (Å²) in [5, 5.41) is 0. The van der Waals surface area contributed by atoms with Crippen LogP contribution in [0.25, 0.3) is 0 Å². The predicted molar refractivity (Wildman–Crippen MR) is 63.1 cm³/mol. The van der Waals surface area contributed by atoms with Crippen LogP contribution in [0.3, 0.4) is 0 Å². The number of aryl methyl sites for hydroxylation is 1. The monoisotopic (exact) mass is 256 g/mol. The summed E-state index contributed by atoms with van der Waals surface area (Å²) in [5.74, 6) is 1.76. The van der Waals surface area contributed by atoms with E-state index < -0.39 is 0 Å². The van der Waals surface area contributed by atoms with Crippen molar-refractivity contribution >= 4 is 23.3 Å². The lowest BCUT2D eigenvalue weighted by Crippen LogP contribution is -1.95. The zero-order valence-electron chi connectivity index (χ0n) is 9.10. The zero-order chi connectivity index (χ0) is 11.4. The van der Waals surface area contributed by atoms with Crippen LogP contribution in [0.5, 0.6) is 0 Å². The Morgan fingerprint density at radius 3 is 3.12 bits per heavy atom. The van der Waals surface area contributed by atoms with E-state index in [0.29, 0.717) is 6.61 Å². The van der Waals surface area contributed by atoms with Crippen molar-refractivity contribution in [1.29, 1.82) is 0 Å². The number of furan rings is 1. The number of methoxy groups -OCH3 is 1. The van der Waals surface area contributed by atoms with E-state index in [1.807, 2.05) is 13.0 Å². The summed E-state index contributed by atoms with van der Waals surface area (Å²) < 4.78 is 15.4. The number of rotatable bonds is 5. The third-order valence-electron chi connectivity index (χ3n) is 1.99. The van der Waals surface area contributed by atoms with Gasteiger partial charge in [0.2, 0.25) is 0 Å². The van der Waals surface area contributed by atoms with Crippen LogP contribution in [0.4, 0.5) is 0 Å². The topological polar surface area (TPSA) is 48.2 Å². The maximum Gasteiger partial charge on any atom is 0.175 e. The van der Waals surface area contributed by atoms with E-state index in [4.69, 9.17) is 9.15 Å². The molecule has 0 bridgehead atoms. The maximum atomic E-state index is 5.22. The Labute approximate surface area is 102 Å². The lowest BCUT2D eigenvalue weighted by atomic mass is 10.4. The molecule has 4 nitrogen and oxygen atoms in total. The normalized spacial score (nSPS) is 10.9. The third-order valence-corrected chi connectivity index (χ3v) is 3.92. The highest BCUT2D eigenvalue weighted by Crippen LogP contribution is 2.31. The van der Waals surface area contributed by atoms with Crippen LogP contribution in [0, 0.1) is 6.92 Å². The van der Waals surface area contributed by atoms with Gasteiger partial charge in [-0.2, -0.15) is 4.37 Å². The highest BCUT2D eigenvalue weighted by atomic mass is 32.2. The first-order valence-corrected chi connectivity index (χ1v) is 6.42. The molecule has 0 aromatic carbocycles. The van der Waals surface area contributed by atoms with Gasteiger partial charge in [0.25, 0.3) is 0 Å². The molecule has 0 N–H and O–H groups in total. The molecule has 6 heteroatoms. The molecular weight excluding hydrogens is 244 g/mol. The fraction of sp³-hybridized carbons (Fsp3) is 0.400. The summed E-state index contributed by atoms with van der Waals surface area (Å²) in [6.07, 6.45) is 2.45. The molecule has 0 atom stereocenters. The van der Waals surface area contributed by atoms with Crippen molar-refractivity contribution in [2.24, 2.45) is 0 Å². The summed E-state index contributed by atoms with van der Waals surface area (Å²) in [7, 11) is 1.68. The lowest BCUT2D eigenvalue weighted by molar-refractivity contribution is 0.200. The van der Waals surface area contributed by atoms with Crippen molar-refractivity contribution in [3.05, 3.63) is 23.9 Å². The molecule has 0 unspecified atom stereocenters. The van der Waals surface area contributed by atoms with Gasteiger partial charge in [0, 0.05) is 13.5 Å². The summed E-state index contributed by atoms with van der Waals surface area (Å²) in [5.41, 5.74) is 0. The van der Waals surface area contributed by atoms with Gasteiger partial charge in [0.15, 0.2) is 4.34 Å². The molecule has 0 aliphatic heterocycles. The third kappa shape index (κ3) is 2.84. The van der Waals surface area contributed by atoms with Crippen molar-refractivity contribution in [3.8, 4) is 0 Å². The Kier molecular flexibility index (Phi) is 3.98. The molecule has 2 rings (SSSR count). The minimum absolute atomic E-state index is 0.658. The fourth-order valence-corrected chi connectivity index (χ4v) is 2.79. The van der Waals surface area contributed by atoms with Gasteiger partial charge in [-0.25, -0.2) is 4.98 Å². The summed E-state index contributed by atoms with van der Waals surface area (Å²) in [6.45, 7) is 2.60. The average molecular weight is 256 g/mol. The minimum atomic E-state index is 0.658. The van der Waals surface area contributed by atoms with Crippen molar-refractivity contribution in [2.45, 2.75) is 22.6 Å². The second kappa shape index (κ2) is 5.47. The Bertz CT molecular complexity index is 453.